The van der Waals surface area contributed by atoms with Crippen molar-refractivity contribution in [1.29, 1.82) is 0 Å². The van der Waals surface area contributed by atoms with Crippen LogP contribution in [-0.4, -0.2) is 17.2 Å². The average molecular weight is 242 g/mol. The molecule has 0 amide bonds. The zero-order valence-corrected chi connectivity index (χ0v) is 8.36. The van der Waals surface area contributed by atoms with E-state index >= 15 is 0 Å². The van der Waals surface area contributed by atoms with Gasteiger partial charge in [-0.05, 0) is 17.7 Å². The molecule has 1 rings (SSSR count). The Morgan fingerprint density at radius 3 is 2.62 bits per heavy atom. The number of benzene rings is 1. The maximum Gasteiger partial charge on any atom is 0.181 e. The number of rotatable bonds is 3. The van der Waals surface area contributed by atoms with Crippen LogP contribution in [0, 0.1) is 0 Å². The first-order chi connectivity index (χ1) is 6.22. The molecule has 3 nitrogen and oxygen atoms in total. The van der Waals surface area contributed by atoms with Gasteiger partial charge in [0.2, 0.25) is 0 Å². The highest BCUT2D eigenvalue weighted by Gasteiger charge is 1.99. The molecule has 0 aliphatic rings. The molecule has 0 saturated heterocycles. The van der Waals surface area contributed by atoms with Crippen molar-refractivity contribution in [2.24, 2.45) is 5.16 Å². The third-order valence-electron chi connectivity index (χ3n) is 1.49. The molecule has 0 saturated carbocycles. The van der Waals surface area contributed by atoms with Crippen molar-refractivity contribution in [3.05, 3.63) is 34.3 Å². The van der Waals surface area contributed by atoms with Crippen LogP contribution in [0.1, 0.15) is 5.56 Å². The first-order valence-corrected chi connectivity index (χ1v) is 4.46. The van der Waals surface area contributed by atoms with Gasteiger partial charge in [-0.1, -0.05) is 33.2 Å². The molecule has 0 radical (unpaired) electrons. The second kappa shape index (κ2) is 4.77. The number of ketones is 1. The molecule has 0 aliphatic heterocycles. The SMILES string of the molecule is O=C(/C=N/O)Cc1ccc(Br)cc1. The third kappa shape index (κ3) is 3.38. The van der Waals surface area contributed by atoms with Gasteiger partial charge in [0.05, 0.1) is 0 Å². The Balaban J connectivity index is 2.64. The minimum Gasteiger partial charge on any atom is -0.411 e. The molecule has 0 heterocycles. The molecule has 0 unspecified atom stereocenters. The van der Waals surface area contributed by atoms with Gasteiger partial charge in [0, 0.05) is 10.9 Å². The van der Waals surface area contributed by atoms with Crippen LogP contribution >= 0.6 is 15.9 Å². The van der Waals surface area contributed by atoms with E-state index in [4.69, 9.17) is 5.21 Å². The Bertz CT molecular complexity index is 319. The summed E-state index contributed by atoms with van der Waals surface area (Å²) in [5, 5.41) is 10.8. The van der Waals surface area contributed by atoms with E-state index in [9.17, 15) is 4.79 Å². The standard InChI is InChI=1S/C9H8BrNO2/c10-8-3-1-7(2-4-8)5-9(12)6-11-13/h1-4,6,13H,5H2/b11-6+. The predicted molar refractivity (Wildman–Crippen MR) is 53.1 cm³/mol. The average Bonchev–Trinajstić information content (AvgIpc) is 2.09. The van der Waals surface area contributed by atoms with Crippen molar-refractivity contribution in [2.75, 3.05) is 0 Å². The summed E-state index contributed by atoms with van der Waals surface area (Å²) >= 11 is 3.29. The quantitative estimate of drug-likeness (QED) is 0.500. The number of halogens is 1. The first-order valence-electron chi connectivity index (χ1n) is 3.67. The van der Waals surface area contributed by atoms with Crippen LogP contribution in [0.5, 0.6) is 0 Å². The lowest BCUT2D eigenvalue weighted by molar-refractivity contribution is -0.112. The highest BCUT2D eigenvalue weighted by Crippen LogP contribution is 2.10. The summed E-state index contributed by atoms with van der Waals surface area (Å²) in [7, 11) is 0. The molecule has 0 bridgehead atoms. The molecule has 0 aromatic heterocycles. The zero-order valence-electron chi connectivity index (χ0n) is 6.77. The first kappa shape index (κ1) is 9.92. The van der Waals surface area contributed by atoms with E-state index in [0.717, 1.165) is 16.3 Å². The Morgan fingerprint density at radius 2 is 2.08 bits per heavy atom. The van der Waals surface area contributed by atoms with Gasteiger partial charge in [-0.3, -0.25) is 4.79 Å². The van der Waals surface area contributed by atoms with Gasteiger partial charge in [0.15, 0.2) is 5.78 Å². The second-order valence-corrected chi connectivity index (χ2v) is 3.43. The minimum absolute atomic E-state index is 0.218. The largest absolute Gasteiger partial charge is 0.411 e. The molecule has 1 aromatic carbocycles. The number of hydrogen-bond acceptors (Lipinski definition) is 3. The maximum atomic E-state index is 11.0. The van der Waals surface area contributed by atoms with Crippen molar-refractivity contribution in [3.8, 4) is 0 Å². The number of oxime groups is 1. The van der Waals surface area contributed by atoms with Gasteiger partial charge in [-0.25, -0.2) is 0 Å². The van der Waals surface area contributed by atoms with Gasteiger partial charge in [-0.15, -0.1) is 0 Å². The second-order valence-electron chi connectivity index (χ2n) is 2.51. The Morgan fingerprint density at radius 1 is 1.46 bits per heavy atom. The van der Waals surface area contributed by atoms with E-state index in [1.54, 1.807) is 0 Å². The van der Waals surface area contributed by atoms with Crippen LogP contribution in [0.15, 0.2) is 33.9 Å². The summed E-state index contributed by atoms with van der Waals surface area (Å²) in [6.45, 7) is 0. The van der Waals surface area contributed by atoms with Crippen LogP contribution in [-0.2, 0) is 11.2 Å². The summed E-state index contributed by atoms with van der Waals surface area (Å²) in [6.07, 6.45) is 1.17. The lowest BCUT2D eigenvalue weighted by atomic mass is 10.1. The molecule has 1 N–H and O–H groups in total. The molecular formula is C9H8BrNO2. The molecule has 68 valence electrons. The number of hydrogen-bond donors (Lipinski definition) is 1. The molecular weight excluding hydrogens is 234 g/mol. The maximum absolute atomic E-state index is 11.0. The van der Waals surface area contributed by atoms with Crippen LogP contribution < -0.4 is 0 Å². The van der Waals surface area contributed by atoms with Crippen LogP contribution in [0.2, 0.25) is 0 Å². The number of nitrogens with zero attached hydrogens (tertiary/aromatic N) is 1. The highest BCUT2D eigenvalue weighted by molar-refractivity contribution is 9.10. The number of Topliss-reactive ketones (excluding diaryl/α,β-unsaturated/α-hetero) is 1. The van der Waals surface area contributed by atoms with Gasteiger partial charge in [-0.2, -0.15) is 0 Å². The summed E-state index contributed by atoms with van der Waals surface area (Å²) < 4.78 is 0.972. The summed E-state index contributed by atoms with van der Waals surface area (Å²) in [6, 6.07) is 7.40. The Hall–Kier alpha value is -1.16. The molecule has 4 heteroatoms. The fourth-order valence-electron chi connectivity index (χ4n) is 0.913. The van der Waals surface area contributed by atoms with E-state index in [2.05, 4.69) is 21.1 Å². The van der Waals surface area contributed by atoms with Crippen molar-refractivity contribution in [1.82, 2.24) is 0 Å². The summed E-state index contributed by atoms with van der Waals surface area (Å²) in [5.41, 5.74) is 0.896. The van der Waals surface area contributed by atoms with Crippen molar-refractivity contribution in [3.63, 3.8) is 0 Å². The lowest BCUT2D eigenvalue weighted by Crippen LogP contribution is -2.03. The fourth-order valence-corrected chi connectivity index (χ4v) is 1.18. The van der Waals surface area contributed by atoms with Crippen molar-refractivity contribution < 1.29 is 10.0 Å². The Kier molecular flexibility index (Phi) is 3.64. The minimum atomic E-state index is -0.218. The normalized spacial score (nSPS) is 10.5. The van der Waals surface area contributed by atoms with E-state index in [-0.39, 0.29) is 12.2 Å². The van der Waals surface area contributed by atoms with E-state index < -0.39 is 0 Å². The third-order valence-corrected chi connectivity index (χ3v) is 2.02. The molecule has 0 fully saturated rings. The van der Waals surface area contributed by atoms with Crippen LogP contribution in [0.4, 0.5) is 0 Å². The van der Waals surface area contributed by atoms with Gasteiger partial charge in [0.25, 0.3) is 0 Å². The molecule has 13 heavy (non-hydrogen) atoms. The molecule has 0 spiro atoms. The highest BCUT2D eigenvalue weighted by atomic mass is 79.9. The van der Waals surface area contributed by atoms with Crippen molar-refractivity contribution >= 4 is 27.9 Å². The van der Waals surface area contributed by atoms with Crippen molar-refractivity contribution in [2.45, 2.75) is 6.42 Å². The Labute approximate surface area is 84.2 Å². The van der Waals surface area contributed by atoms with E-state index in [1.165, 1.54) is 0 Å². The molecule has 1 aromatic rings. The molecule has 0 aliphatic carbocycles. The van der Waals surface area contributed by atoms with Crippen LogP contribution in [0.25, 0.3) is 0 Å². The number of carbonyl (C=O) groups excluding carboxylic acids is 1. The van der Waals surface area contributed by atoms with E-state index in [0.29, 0.717) is 0 Å². The van der Waals surface area contributed by atoms with Gasteiger partial charge < -0.3 is 5.21 Å². The monoisotopic (exact) mass is 241 g/mol. The fraction of sp³-hybridized carbons (Fsp3) is 0.111. The van der Waals surface area contributed by atoms with E-state index in [1.807, 2.05) is 24.3 Å². The number of carbonyl (C=O) groups is 1. The zero-order chi connectivity index (χ0) is 9.68. The van der Waals surface area contributed by atoms with Gasteiger partial charge >= 0.3 is 0 Å². The topological polar surface area (TPSA) is 49.7 Å². The molecule has 0 atom stereocenters. The summed E-state index contributed by atoms with van der Waals surface area (Å²) in [4.78, 5) is 11.0. The summed E-state index contributed by atoms with van der Waals surface area (Å²) in [5.74, 6) is -0.218. The smallest absolute Gasteiger partial charge is 0.181 e. The predicted octanol–water partition coefficient (Wildman–Crippen LogP) is 2.02. The lowest BCUT2D eigenvalue weighted by Gasteiger charge is -1.96. The van der Waals surface area contributed by atoms with Crippen LogP contribution in [0.3, 0.4) is 0 Å². The van der Waals surface area contributed by atoms with Gasteiger partial charge in [0.1, 0.15) is 6.21 Å².